The van der Waals surface area contributed by atoms with Gasteiger partial charge in [0.2, 0.25) is 5.91 Å². The smallest absolute Gasteiger partial charge is 0.242 e. The molecule has 2 atom stereocenters. The highest BCUT2D eigenvalue weighted by Gasteiger charge is 2.41. The summed E-state index contributed by atoms with van der Waals surface area (Å²) >= 11 is 6.13. The molecule has 25 heavy (non-hydrogen) atoms. The Bertz CT molecular complexity index is 637. The SMILES string of the molecule is CCNC(=NCC(=O)NC(C)(C)C)NC1CC1c1c(F)cccc1Cl. The van der Waals surface area contributed by atoms with Crippen molar-refractivity contribution in [3.8, 4) is 0 Å². The number of carbonyl (C=O) groups is 1. The molecule has 1 amide bonds. The van der Waals surface area contributed by atoms with Crippen LogP contribution in [-0.4, -0.2) is 36.5 Å². The zero-order valence-corrected chi connectivity index (χ0v) is 15.9. The normalized spacial score (nSPS) is 20.2. The molecule has 1 aromatic carbocycles. The highest BCUT2D eigenvalue weighted by molar-refractivity contribution is 6.31. The van der Waals surface area contributed by atoms with Crippen LogP contribution in [0, 0.1) is 5.82 Å². The van der Waals surface area contributed by atoms with Crippen molar-refractivity contribution in [3.05, 3.63) is 34.6 Å². The van der Waals surface area contributed by atoms with Gasteiger partial charge in [0, 0.05) is 34.6 Å². The Morgan fingerprint density at radius 2 is 2.12 bits per heavy atom. The van der Waals surface area contributed by atoms with Crippen molar-refractivity contribution >= 4 is 23.5 Å². The van der Waals surface area contributed by atoms with Gasteiger partial charge in [-0.05, 0) is 46.2 Å². The van der Waals surface area contributed by atoms with E-state index in [0.717, 1.165) is 6.42 Å². The number of nitrogens with zero attached hydrogens (tertiary/aromatic N) is 1. The van der Waals surface area contributed by atoms with E-state index in [-0.39, 0.29) is 35.8 Å². The van der Waals surface area contributed by atoms with Gasteiger partial charge in [0.05, 0.1) is 0 Å². The van der Waals surface area contributed by atoms with Crippen LogP contribution in [0.2, 0.25) is 5.02 Å². The number of halogens is 2. The van der Waals surface area contributed by atoms with Crippen molar-refractivity contribution in [1.29, 1.82) is 0 Å². The molecule has 0 aromatic heterocycles. The van der Waals surface area contributed by atoms with Gasteiger partial charge in [0.25, 0.3) is 0 Å². The second-order valence-electron chi connectivity index (χ2n) is 7.22. The summed E-state index contributed by atoms with van der Waals surface area (Å²) in [6, 6.07) is 4.78. The molecule has 3 N–H and O–H groups in total. The largest absolute Gasteiger partial charge is 0.357 e. The summed E-state index contributed by atoms with van der Waals surface area (Å²) in [6.45, 7) is 8.42. The number of aliphatic imine (C=N–C) groups is 1. The first kappa shape index (κ1) is 19.5. The molecule has 2 unspecified atom stereocenters. The maximum atomic E-state index is 14.0. The predicted molar refractivity (Wildman–Crippen MR) is 99.6 cm³/mol. The van der Waals surface area contributed by atoms with E-state index in [1.165, 1.54) is 6.07 Å². The molecule has 2 rings (SSSR count). The highest BCUT2D eigenvalue weighted by atomic mass is 35.5. The summed E-state index contributed by atoms with van der Waals surface area (Å²) in [6.07, 6.45) is 0.777. The molecule has 0 heterocycles. The number of guanidine groups is 1. The summed E-state index contributed by atoms with van der Waals surface area (Å²) in [5.74, 6) is 0.134. The molecule has 1 saturated carbocycles. The molecule has 1 aliphatic rings. The van der Waals surface area contributed by atoms with Crippen molar-refractivity contribution in [1.82, 2.24) is 16.0 Å². The number of carbonyl (C=O) groups excluding carboxylic acids is 1. The molecule has 5 nitrogen and oxygen atoms in total. The quantitative estimate of drug-likeness (QED) is 0.553. The molecule has 0 aliphatic heterocycles. The lowest BCUT2D eigenvalue weighted by Gasteiger charge is -2.20. The first-order valence-corrected chi connectivity index (χ1v) is 8.89. The fraction of sp³-hybridized carbons (Fsp3) is 0.556. The van der Waals surface area contributed by atoms with E-state index >= 15 is 0 Å². The van der Waals surface area contributed by atoms with Gasteiger partial charge in [-0.1, -0.05) is 17.7 Å². The van der Waals surface area contributed by atoms with Gasteiger partial charge in [-0.25, -0.2) is 9.38 Å². The highest BCUT2D eigenvalue weighted by Crippen LogP contribution is 2.44. The minimum Gasteiger partial charge on any atom is -0.357 e. The van der Waals surface area contributed by atoms with Gasteiger partial charge in [-0.3, -0.25) is 4.79 Å². The van der Waals surface area contributed by atoms with Crippen molar-refractivity contribution in [2.45, 2.75) is 51.6 Å². The van der Waals surface area contributed by atoms with Crippen molar-refractivity contribution < 1.29 is 9.18 Å². The van der Waals surface area contributed by atoms with Crippen LogP contribution in [0.4, 0.5) is 4.39 Å². The Morgan fingerprint density at radius 1 is 1.40 bits per heavy atom. The summed E-state index contributed by atoms with van der Waals surface area (Å²) in [5, 5.41) is 9.66. The van der Waals surface area contributed by atoms with E-state index in [1.807, 2.05) is 27.7 Å². The van der Waals surface area contributed by atoms with Gasteiger partial charge in [0.1, 0.15) is 12.4 Å². The van der Waals surface area contributed by atoms with Crippen molar-refractivity contribution in [2.24, 2.45) is 4.99 Å². The first-order chi connectivity index (χ1) is 11.7. The van der Waals surface area contributed by atoms with E-state index in [1.54, 1.807) is 12.1 Å². The van der Waals surface area contributed by atoms with Gasteiger partial charge in [-0.2, -0.15) is 0 Å². The standard InChI is InChI=1S/C18H26ClFN4O/c1-5-21-17(22-10-15(25)24-18(2,3)4)23-14-9-11(14)16-12(19)7-6-8-13(16)20/h6-8,11,14H,5,9-10H2,1-4H3,(H,24,25)(H2,21,22,23). The van der Waals surface area contributed by atoms with Gasteiger partial charge in [-0.15, -0.1) is 0 Å². The Morgan fingerprint density at radius 3 is 2.72 bits per heavy atom. The molecule has 0 radical (unpaired) electrons. The Kier molecular flexibility index (Phi) is 6.27. The lowest BCUT2D eigenvalue weighted by molar-refractivity contribution is -0.121. The second kappa shape index (κ2) is 8.04. The maximum Gasteiger partial charge on any atom is 0.242 e. The Labute approximate surface area is 153 Å². The maximum absolute atomic E-state index is 14.0. The third kappa shape index (κ3) is 5.88. The minimum absolute atomic E-state index is 0.0148. The monoisotopic (exact) mass is 368 g/mol. The minimum atomic E-state index is -0.290. The lowest BCUT2D eigenvalue weighted by atomic mass is 10.1. The Hall–Kier alpha value is -1.82. The average Bonchev–Trinajstić information content (AvgIpc) is 3.22. The van der Waals surface area contributed by atoms with Crippen LogP contribution in [0.3, 0.4) is 0 Å². The van der Waals surface area contributed by atoms with E-state index in [2.05, 4.69) is 20.9 Å². The fourth-order valence-corrected chi connectivity index (χ4v) is 2.95. The van der Waals surface area contributed by atoms with Crippen LogP contribution < -0.4 is 16.0 Å². The molecule has 1 aromatic rings. The van der Waals surface area contributed by atoms with E-state index in [9.17, 15) is 9.18 Å². The molecule has 1 aliphatic carbocycles. The van der Waals surface area contributed by atoms with Gasteiger partial charge < -0.3 is 16.0 Å². The average molecular weight is 369 g/mol. The first-order valence-electron chi connectivity index (χ1n) is 8.51. The number of nitrogens with one attached hydrogen (secondary N) is 3. The molecular formula is C18H26ClFN4O. The molecule has 0 bridgehead atoms. The summed E-state index contributed by atoms with van der Waals surface area (Å²) in [5.41, 5.74) is 0.254. The van der Waals surface area contributed by atoms with Crippen molar-refractivity contribution in [3.63, 3.8) is 0 Å². The number of amides is 1. The van der Waals surface area contributed by atoms with Crippen LogP contribution in [-0.2, 0) is 4.79 Å². The van der Waals surface area contributed by atoms with E-state index < -0.39 is 0 Å². The van der Waals surface area contributed by atoms with Crippen LogP contribution in [0.25, 0.3) is 0 Å². The van der Waals surface area contributed by atoms with E-state index in [0.29, 0.717) is 23.1 Å². The zero-order chi connectivity index (χ0) is 18.6. The molecule has 0 spiro atoms. The number of hydrogen-bond acceptors (Lipinski definition) is 2. The lowest BCUT2D eigenvalue weighted by Crippen LogP contribution is -2.43. The second-order valence-corrected chi connectivity index (χ2v) is 7.63. The van der Waals surface area contributed by atoms with Crippen molar-refractivity contribution in [2.75, 3.05) is 13.1 Å². The number of hydrogen-bond donors (Lipinski definition) is 3. The fourth-order valence-electron chi connectivity index (χ4n) is 2.64. The summed E-state index contributed by atoms with van der Waals surface area (Å²) in [4.78, 5) is 16.2. The van der Waals surface area contributed by atoms with E-state index in [4.69, 9.17) is 11.6 Å². The van der Waals surface area contributed by atoms with Gasteiger partial charge in [0.15, 0.2) is 5.96 Å². The summed E-state index contributed by atoms with van der Waals surface area (Å²) < 4.78 is 14.0. The molecule has 138 valence electrons. The third-order valence-corrected chi connectivity index (χ3v) is 4.05. The zero-order valence-electron chi connectivity index (χ0n) is 15.1. The summed E-state index contributed by atoms with van der Waals surface area (Å²) in [7, 11) is 0. The molecule has 1 fully saturated rings. The predicted octanol–water partition coefficient (Wildman–Crippen LogP) is 2.80. The van der Waals surface area contributed by atoms with Crippen LogP contribution in [0.1, 0.15) is 45.6 Å². The number of benzene rings is 1. The van der Waals surface area contributed by atoms with Crippen LogP contribution in [0.5, 0.6) is 0 Å². The molecular weight excluding hydrogens is 343 g/mol. The third-order valence-electron chi connectivity index (χ3n) is 3.72. The van der Waals surface area contributed by atoms with Crippen LogP contribution in [0.15, 0.2) is 23.2 Å². The molecule has 7 heteroatoms. The molecule has 0 saturated heterocycles. The van der Waals surface area contributed by atoms with Gasteiger partial charge >= 0.3 is 0 Å². The van der Waals surface area contributed by atoms with Crippen LogP contribution >= 0.6 is 11.6 Å². The Balaban J connectivity index is 1.96. The number of rotatable bonds is 5. The topological polar surface area (TPSA) is 65.5 Å².